The van der Waals surface area contributed by atoms with E-state index in [4.69, 9.17) is 8.97 Å². The van der Waals surface area contributed by atoms with E-state index in [2.05, 4.69) is 31.4 Å². The molecule has 0 radical (unpaired) electrons. The van der Waals surface area contributed by atoms with Gasteiger partial charge < -0.3 is 15.1 Å². The van der Waals surface area contributed by atoms with E-state index >= 15 is 0 Å². The lowest BCUT2D eigenvalue weighted by atomic mass is 9.84. The number of furan rings is 1. The molecule has 1 atom stereocenters. The third-order valence-corrected chi connectivity index (χ3v) is 7.54. The molecule has 0 spiro atoms. The van der Waals surface area contributed by atoms with Crippen molar-refractivity contribution in [3.8, 4) is 11.3 Å². The topological polar surface area (TPSA) is 126 Å². The third kappa shape index (κ3) is 9.03. The molecule has 41 heavy (non-hydrogen) atoms. The number of hydrogen-bond acceptors (Lipinski definition) is 5. The van der Waals surface area contributed by atoms with Gasteiger partial charge in [-0.15, -0.1) is 0 Å². The van der Waals surface area contributed by atoms with Crippen LogP contribution < -0.4 is 10.6 Å². The first-order chi connectivity index (χ1) is 19.4. The number of carbonyl (C=O) groups excluding carboxylic acids is 2. The molecule has 3 aromatic carbocycles. The summed E-state index contributed by atoms with van der Waals surface area (Å²) in [6.07, 6.45) is 2.07. The van der Waals surface area contributed by atoms with Crippen molar-refractivity contribution in [2.75, 3.05) is 17.6 Å². The zero-order valence-corrected chi connectivity index (χ0v) is 24.3. The fourth-order valence-corrected chi connectivity index (χ4v) is 4.85. The summed E-state index contributed by atoms with van der Waals surface area (Å²) in [6, 6.07) is 24.3. The molecule has 216 valence electrons. The van der Waals surface area contributed by atoms with Crippen LogP contribution in [0.3, 0.4) is 0 Å². The zero-order valence-electron chi connectivity index (χ0n) is 23.5. The van der Waals surface area contributed by atoms with Crippen molar-refractivity contribution in [1.29, 1.82) is 0 Å². The van der Waals surface area contributed by atoms with E-state index in [1.807, 2.05) is 54.6 Å². The summed E-state index contributed by atoms with van der Waals surface area (Å²) in [5.74, 6) is -0.572. The van der Waals surface area contributed by atoms with Gasteiger partial charge in [-0.1, -0.05) is 51.1 Å². The summed E-state index contributed by atoms with van der Waals surface area (Å²) in [5.41, 5.74) is 3.79. The second-order valence-corrected chi connectivity index (χ2v) is 13.0. The molecule has 1 heterocycles. The second-order valence-electron chi connectivity index (χ2n) is 11.5. The van der Waals surface area contributed by atoms with Crippen LogP contribution in [0.1, 0.15) is 49.5 Å². The third-order valence-electron chi connectivity index (χ3n) is 6.82. The Labute approximate surface area is 240 Å². The van der Waals surface area contributed by atoms with E-state index in [0.29, 0.717) is 24.1 Å². The van der Waals surface area contributed by atoms with Gasteiger partial charge in [-0.25, -0.2) is 0 Å². The highest BCUT2D eigenvalue weighted by Gasteiger charge is 2.23. The van der Waals surface area contributed by atoms with Crippen LogP contribution in [0.2, 0.25) is 0 Å². The van der Waals surface area contributed by atoms with Gasteiger partial charge in [0.2, 0.25) is 5.91 Å². The molecule has 9 heteroatoms. The Bertz CT molecular complexity index is 1570. The van der Waals surface area contributed by atoms with Gasteiger partial charge in [0.05, 0.1) is 5.75 Å². The number of benzene rings is 3. The number of para-hydroxylation sites is 1. The van der Waals surface area contributed by atoms with E-state index in [1.165, 1.54) is 0 Å². The highest BCUT2D eigenvalue weighted by Crippen LogP contribution is 2.30. The summed E-state index contributed by atoms with van der Waals surface area (Å²) in [5, 5.41) is 6.57. The van der Waals surface area contributed by atoms with Crippen LogP contribution in [0.15, 0.2) is 83.3 Å². The van der Waals surface area contributed by atoms with Crippen LogP contribution in [0.5, 0.6) is 0 Å². The van der Waals surface area contributed by atoms with E-state index < -0.39 is 21.8 Å². The van der Waals surface area contributed by atoms with E-state index in [9.17, 15) is 18.0 Å². The number of anilines is 1. The van der Waals surface area contributed by atoms with Gasteiger partial charge in [0, 0.05) is 34.7 Å². The Balaban J connectivity index is 1.41. The van der Waals surface area contributed by atoms with Crippen molar-refractivity contribution in [3.05, 3.63) is 90.0 Å². The summed E-state index contributed by atoms with van der Waals surface area (Å²) >= 11 is 0. The smallest absolute Gasteiger partial charge is 0.266 e. The highest BCUT2D eigenvalue weighted by molar-refractivity contribution is 7.85. The van der Waals surface area contributed by atoms with Crippen molar-refractivity contribution in [2.45, 2.75) is 40.0 Å². The molecular formula is C32H36N2O6S. The lowest BCUT2D eigenvalue weighted by molar-refractivity contribution is -0.120. The lowest BCUT2D eigenvalue weighted by Gasteiger charge is -2.23. The molecular weight excluding hydrogens is 540 g/mol. The number of nitrogens with one attached hydrogen (secondary N) is 2. The van der Waals surface area contributed by atoms with E-state index in [1.54, 1.807) is 24.3 Å². The second kappa shape index (κ2) is 12.7. The van der Waals surface area contributed by atoms with Crippen LogP contribution in [0, 0.1) is 11.3 Å². The molecule has 0 aliphatic heterocycles. The fraction of sp³-hybridized carbons (Fsp3) is 0.312. The van der Waals surface area contributed by atoms with Crippen molar-refractivity contribution in [1.82, 2.24) is 5.32 Å². The average Bonchev–Trinajstić information content (AvgIpc) is 3.35. The quantitative estimate of drug-likeness (QED) is 0.179. The first-order valence-corrected chi connectivity index (χ1v) is 15.2. The van der Waals surface area contributed by atoms with Gasteiger partial charge in [-0.2, -0.15) is 8.42 Å². The Hall–Kier alpha value is -3.95. The maximum absolute atomic E-state index is 13.4. The van der Waals surface area contributed by atoms with Crippen molar-refractivity contribution in [3.63, 3.8) is 0 Å². The summed E-state index contributed by atoms with van der Waals surface area (Å²) < 4.78 is 36.5. The minimum atomic E-state index is -4.15. The average molecular weight is 577 g/mol. The Morgan fingerprint density at radius 2 is 1.63 bits per heavy atom. The Morgan fingerprint density at radius 3 is 2.27 bits per heavy atom. The van der Waals surface area contributed by atoms with Crippen LogP contribution in [0.25, 0.3) is 22.3 Å². The standard InChI is InChI=1S/C32H36N2O6S/c1-32(2,3)17-16-26(20-22-8-10-24(11-9-22)30(35)33-18-19-41(37,38)39)31(36)34-27-14-12-23(13-15-27)29-21-25-6-4-5-7-28(25)40-29/h4-15,21,26H,16-20H2,1-3H3,(H,33,35)(H,34,36)(H,37,38,39). The van der Waals surface area contributed by atoms with Gasteiger partial charge >= 0.3 is 0 Å². The first-order valence-electron chi connectivity index (χ1n) is 13.6. The van der Waals surface area contributed by atoms with Gasteiger partial charge in [-0.3, -0.25) is 14.1 Å². The monoisotopic (exact) mass is 576 g/mol. The summed E-state index contributed by atoms with van der Waals surface area (Å²) in [4.78, 5) is 25.7. The molecule has 2 amide bonds. The van der Waals surface area contributed by atoms with E-state index in [0.717, 1.165) is 34.3 Å². The normalized spacial score (nSPS) is 12.7. The molecule has 0 saturated heterocycles. The van der Waals surface area contributed by atoms with Crippen molar-refractivity contribution < 1.29 is 27.0 Å². The maximum Gasteiger partial charge on any atom is 0.266 e. The van der Waals surface area contributed by atoms with Crippen LogP contribution in [-0.2, 0) is 21.3 Å². The number of hydrogen-bond donors (Lipinski definition) is 3. The fourth-order valence-electron chi connectivity index (χ4n) is 4.49. The van der Waals surface area contributed by atoms with Crippen LogP contribution in [-0.4, -0.2) is 37.1 Å². The van der Waals surface area contributed by atoms with Crippen LogP contribution >= 0.6 is 0 Å². The molecule has 8 nitrogen and oxygen atoms in total. The van der Waals surface area contributed by atoms with Gasteiger partial charge in [0.1, 0.15) is 11.3 Å². The molecule has 0 bridgehead atoms. The largest absolute Gasteiger partial charge is 0.456 e. The molecule has 0 aliphatic carbocycles. The molecule has 4 rings (SSSR count). The van der Waals surface area contributed by atoms with Gasteiger partial charge in [-0.05, 0) is 78.8 Å². The number of carbonyl (C=O) groups is 2. The van der Waals surface area contributed by atoms with Crippen molar-refractivity contribution >= 4 is 38.6 Å². The molecule has 4 aromatic rings. The number of fused-ring (bicyclic) bond motifs is 1. The molecule has 3 N–H and O–H groups in total. The van der Waals surface area contributed by atoms with E-state index in [-0.39, 0.29) is 23.8 Å². The lowest BCUT2D eigenvalue weighted by Crippen LogP contribution is -2.29. The molecule has 0 saturated carbocycles. The summed E-state index contributed by atoms with van der Waals surface area (Å²) in [6.45, 7) is 6.25. The van der Waals surface area contributed by atoms with Gasteiger partial charge in [0.15, 0.2) is 0 Å². The first kappa shape index (κ1) is 30.0. The van der Waals surface area contributed by atoms with Crippen molar-refractivity contribution in [2.24, 2.45) is 11.3 Å². The number of rotatable bonds is 11. The summed E-state index contributed by atoms with van der Waals surface area (Å²) in [7, 11) is -4.15. The zero-order chi connectivity index (χ0) is 29.6. The predicted molar refractivity (Wildman–Crippen MR) is 161 cm³/mol. The minimum absolute atomic E-state index is 0.0662. The predicted octanol–water partition coefficient (Wildman–Crippen LogP) is 6.34. The minimum Gasteiger partial charge on any atom is -0.456 e. The Kier molecular flexibility index (Phi) is 9.30. The molecule has 1 aromatic heterocycles. The number of amides is 2. The van der Waals surface area contributed by atoms with Crippen LogP contribution in [0.4, 0.5) is 5.69 Å². The molecule has 0 aliphatic rings. The SMILES string of the molecule is CC(C)(C)CCC(Cc1ccc(C(=O)NCCS(=O)(=O)O)cc1)C(=O)Nc1ccc(-c2cc3ccccc3o2)cc1. The Morgan fingerprint density at radius 1 is 0.951 bits per heavy atom. The molecule has 1 unspecified atom stereocenters. The van der Waals surface area contributed by atoms with Gasteiger partial charge in [0.25, 0.3) is 16.0 Å². The molecule has 0 fully saturated rings. The highest BCUT2D eigenvalue weighted by atomic mass is 32.2. The maximum atomic E-state index is 13.4.